The Kier molecular flexibility index (Phi) is 6.03. The largest absolute Gasteiger partial charge is 0.497 e. The average Bonchev–Trinajstić information content (AvgIpc) is 2.96. The summed E-state index contributed by atoms with van der Waals surface area (Å²) < 4.78 is 15.5. The Morgan fingerprint density at radius 3 is 2.71 bits per heavy atom. The van der Waals surface area contributed by atoms with Crippen molar-refractivity contribution in [3.05, 3.63) is 18.2 Å². The van der Waals surface area contributed by atoms with Gasteiger partial charge in [-0.3, -0.25) is 9.59 Å². The van der Waals surface area contributed by atoms with Crippen LogP contribution in [-0.2, 0) is 14.3 Å². The van der Waals surface area contributed by atoms with E-state index < -0.39 is 0 Å². The summed E-state index contributed by atoms with van der Waals surface area (Å²) in [6.07, 6.45) is 0.181. The molecule has 2 rings (SSSR count). The van der Waals surface area contributed by atoms with Crippen molar-refractivity contribution in [1.82, 2.24) is 5.32 Å². The highest BCUT2D eigenvalue weighted by Gasteiger charge is 2.36. The maximum Gasteiger partial charge on any atom is 0.227 e. The molecule has 1 aromatic carbocycles. The molecule has 0 radical (unpaired) electrons. The Labute approximate surface area is 141 Å². The molecule has 7 nitrogen and oxygen atoms in total. The summed E-state index contributed by atoms with van der Waals surface area (Å²) in [5.41, 5.74) is 0.642. The fourth-order valence-electron chi connectivity index (χ4n) is 2.78. The van der Waals surface area contributed by atoms with Gasteiger partial charge in [-0.2, -0.15) is 0 Å². The van der Waals surface area contributed by atoms with Gasteiger partial charge in [0.15, 0.2) is 0 Å². The van der Waals surface area contributed by atoms with Crippen LogP contribution in [0.1, 0.15) is 13.3 Å². The van der Waals surface area contributed by atoms with Gasteiger partial charge >= 0.3 is 0 Å². The number of anilines is 1. The molecule has 0 spiro atoms. The Morgan fingerprint density at radius 2 is 2.08 bits per heavy atom. The summed E-state index contributed by atoms with van der Waals surface area (Å²) in [4.78, 5) is 26.3. The Balaban J connectivity index is 2.11. The van der Waals surface area contributed by atoms with Crippen LogP contribution < -0.4 is 19.7 Å². The number of ether oxygens (including phenoxy) is 3. The van der Waals surface area contributed by atoms with Gasteiger partial charge in [0.05, 0.1) is 32.4 Å². The number of methoxy groups -OCH3 is 3. The van der Waals surface area contributed by atoms with E-state index in [9.17, 15) is 9.59 Å². The Hall–Kier alpha value is -2.28. The van der Waals surface area contributed by atoms with E-state index in [1.165, 1.54) is 7.11 Å². The fraction of sp³-hybridized carbons (Fsp3) is 0.529. The van der Waals surface area contributed by atoms with Crippen LogP contribution >= 0.6 is 0 Å². The summed E-state index contributed by atoms with van der Waals surface area (Å²) in [5, 5.41) is 2.87. The summed E-state index contributed by atoms with van der Waals surface area (Å²) in [6, 6.07) is 5.15. The number of amides is 2. The standard InChI is InChI=1S/C17H24N2O5/c1-11(10-22-2)18-17(21)12-7-16(20)19(9-12)14-6-5-13(23-3)8-15(14)24-4/h5-6,8,11-12H,7,9-10H2,1-4H3,(H,18,21)/t11-,12-/m0/s1. The summed E-state index contributed by atoms with van der Waals surface area (Å²) in [5.74, 6) is 0.561. The minimum absolute atomic E-state index is 0.0952. The summed E-state index contributed by atoms with van der Waals surface area (Å²) in [7, 11) is 4.69. The molecule has 0 unspecified atom stereocenters. The summed E-state index contributed by atoms with van der Waals surface area (Å²) in [6.45, 7) is 2.62. The number of hydrogen-bond donors (Lipinski definition) is 1. The predicted molar refractivity (Wildman–Crippen MR) is 89.5 cm³/mol. The van der Waals surface area contributed by atoms with Crippen molar-refractivity contribution in [2.45, 2.75) is 19.4 Å². The number of carbonyl (C=O) groups is 2. The van der Waals surface area contributed by atoms with Gasteiger partial charge in [0.25, 0.3) is 0 Å². The van der Waals surface area contributed by atoms with E-state index in [-0.39, 0.29) is 30.2 Å². The fourth-order valence-corrected chi connectivity index (χ4v) is 2.78. The van der Waals surface area contributed by atoms with Crippen molar-refractivity contribution in [3.8, 4) is 11.5 Å². The van der Waals surface area contributed by atoms with Gasteiger partial charge in [-0.1, -0.05) is 0 Å². The van der Waals surface area contributed by atoms with Crippen LogP contribution in [0.4, 0.5) is 5.69 Å². The van der Waals surface area contributed by atoms with E-state index in [1.54, 1.807) is 37.3 Å². The van der Waals surface area contributed by atoms with E-state index in [0.717, 1.165) is 0 Å². The first-order chi connectivity index (χ1) is 11.5. The molecule has 1 heterocycles. The molecule has 0 bridgehead atoms. The zero-order valence-electron chi connectivity index (χ0n) is 14.5. The number of nitrogens with one attached hydrogen (secondary N) is 1. The smallest absolute Gasteiger partial charge is 0.227 e. The molecular formula is C17H24N2O5. The third-order valence-electron chi connectivity index (χ3n) is 3.98. The third kappa shape index (κ3) is 3.97. The first kappa shape index (κ1) is 18.1. The molecule has 1 saturated heterocycles. The van der Waals surface area contributed by atoms with Gasteiger partial charge < -0.3 is 24.4 Å². The van der Waals surface area contributed by atoms with Crippen LogP contribution in [0.5, 0.6) is 11.5 Å². The second-order valence-corrected chi connectivity index (χ2v) is 5.81. The van der Waals surface area contributed by atoms with Crippen molar-refractivity contribution < 1.29 is 23.8 Å². The van der Waals surface area contributed by atoms with Crippen molar-refractivity contribution in [1.29, 1.82) is 0 Å². The molecule has 0 saturated carbocycles. The first-order valence-electron chi connectivity index (χ1n) is 7.81. The van der Waals surface area contributed by atoms with Crippen molar-refractivity contribution >= 4 is 17.5 Å². The molecule has 1 fully saturated rings. The monoisotopic (exact) mass is 336 g/mol. The molecule has 1 aromatic rings. The lowest BCUT2D eigenvalue weighted by molar-refractivity contribution is -0.127. The maximum absolute atomic E-state index is 12.4. The van der Waals surface area contributed by atoms with Crippen LogP contribution in [0.15, 0.2) is 18.2 Å². The Morgan fingerprint density at radius 1 is 1.33 bits per heavy atom. The Bertz CT molecular complexity index is 605. The zero-order chi connectivity index (χ0) is 17.7. The van der Waals surface area contributed by atoms with E-state index in [1.807, 2.05) is 6.92 Å². The van der Waals surface area contributed by atoms with E-state index in [0.29, 0.717) is 30.3 Å². The summed E-state index contributed by atoms with van der Waals surface area (Å²) >= 11 is 0. The van der Waals surface area contributed by atoms with E-state index in [4.69, 9.17) is 14.2 Å². The highest BCUT2D eigenvalue weighted by molar-refractivity contribution is 6.01. The number of benzene rings is 1. The van der Waals surface area contributed by atoms with Crippen molar-refractivity contribution in [3.63, 3.8) is 0 Å². The second kappa shape index (κ2) is 8.01. The van der Waals surface area contributed by atoms with Crippen LogP contribution in [-0.4, -0.2) is 52.3 Å². The van der Waals surface area contributed by atoms with Gasteiger partial charge in [0, 0.05) is 32.2 Å². The second-order valence-electron chi connectivity index (χ2n) is 5.81. The van der Waals surface area contributed by atoms with Crippen molar-refractivity contribution in [2.75, 3.05) is 39.4 Å². The van der Waals surface area contributed by atoms with Crippen molar-refractivity contribution in [2.24, 2.45) is 5.92 Å². The number of carbonyl (C=O) groups excluding carboxylic acids is 2. The number of rotatable bonds is 7. The van der Waals surface area contributed by atoms with Gasteiger partial charge in [0.2, 0.25) is 11.8 Å². The average molecular weight is 336 g/mol. The van der Waals surface area contributed by atoms with Gasteiger partial charge in [0.1, 0.15) is 11.5 Å². The highest BCUT2D eigenvalue weighted by Crippen LogP contribution is 2.35. The van der Waals surface area contributed by atoms with E-state index >= 15 is 0 Å². The minimum Gasteiger partial charge on any atom is -0.497 e. The highest BCUT2D eigenvalue weighted by atomic mass is 16.5. The molecule has 1 aliphatic heterocycles. The molecule has 2 atom stereocenters. The molecule has 7 heteroatoms. The molecule has 2 amide bonds. The minimum atomic E-state index is -0.386. The first-order valence-corrected chi connectivity index (χ1v) is 7.81. The zero-order valence-corrected chi connectivity index (χ0v) is 14.5. The van der Waals surface area contributed by atoms with Crippen LogP contribution in [0, 0.1) is 5.92 Å². The normalized spacial score (nSPS) is 18.4. The lowest BCUT2D eigenvalue weighted by atomic mass is 10.1. The SMILES string of the molecule is COC[C@H](C)NC(=O)[C@H]1CC(=O)N(c2ccc(OC)cc2OC)C1. The molecule has 0 aromatic heterocycles. The van der Waals surface area contributed by atoms with Gasteiger partial charge in [-0.05, 0) is 19.1 Å². The quantitative estimate of drug-likeness (QED) is 0.810. The van der Waals surface area contributed by atoms with Crippen LogP contribution in [0.2, 0.25) is 0 Å². The number of nitrogens with zero attached hydrogens (tertiary/aromatic N) is 1. The molecule has 1 aliphatic rings. The van der Waals surface area contributed by atoms with Gasteiger partial charge in [-0.25, -0.2) is 0 Å². The molecule has 1 N–H and O–H groups in total. The van der Waals surface area contributed by atoms with Gasteiger partial charge in [-0.15, -0.1) is 0 Å². The molecule has 0 aliphatic carbocycles. The lowest BCUT2D eigenvalue weighted by Gasteiger charge is -2.20. The maximum atomic E-state index is 12.4. The lowest BCUT2D eigenvalue weighted by Crippen LogP contribution is -2.40. The molecule has 24 heavy (non-hydrogen) atoms. The predicted octanol–water partition coefficient (Wildman–Crippen LogP) is 1.21. The van der Waals surface area contributed by atoms with E-state index in [2.05, 4.69) is 5.32 Å². The molecular weight excluding hydrogens is 312 g/mol. The van der Waals surface area contributed by atoms with Crippen LogP contribution in [0.3, 0.4) is 0 Å². The third-order valence-corrected chi connectivity index (χ3v) is 3.98. The van der Waals surface area contributed by atoms with Crippen LogP contribution in [0.25, 0.3) is 0 Å². The number of hydrogen-bond acceptors (Lipinski definition) is 5. The molecule has 132 valence electrons. The topological polar surface area (TPSA) is 77.1 Å².